The first-order chi connectivity index (χ1) is 17.9. The van der Waals surface area contributed by atoms with E-state index in [2.05, 4.69) is 5.32 Å². The second-order valence-electron chi connectivity index (χ2n) is 9.41. The van der Waals surface area contributed by atoms with Crippen molar-refractivity contribution in [3.8, 4) is 0 Å². The molecule has 1 aliphatic carbocycles. The first-order valence-corrected chi connectivity index (χ1v) is 15.4. The van der Waals surface area contributed by atoms with Gasteiger partial charge in [0.1, 0.15) is 18.4 Å². The quantitative estimate of drug-likeness (QED) is 0.370. The van der Waals surface area contributed by atoms with Gasteiger partial charge in [-0.1, -0.05) is 67.1 Å². The molecule has 0 unspecified atom stereocenters. The van der Waals surface area contributed by atoms with Crippen LogP contribution in [0.4, 0.5) is 10.1 Å². The second kappa shape index (κ2) is 13.3. The Morgan fingerprint density at radius 1 is 1.03 bits per heavy atom. The number of hydrogen-bond acceptors (Lipinski definition) is 4. The van der Waals surface area contributed by atoms with Crippen molar-refractivity contribution in [1.29, 1.82) is 0 Å². The summed E-state index contributed by atoms with van der Waals surface area (Å²) < 4.78 is 39.9. The van der Waals surface area contributed by atoms with Crippen LogP contribution in [0.15, 0.2) is 36.4 Å². The molecular formula is C26H31Cl3FN3O4S. The third-order valence-electron chi connectivity index (χ3n) is 6.54. The molecule has 0 saturated heterocycles. The number of nitrogens with one attached hydrogen (secondary N) is 1. The Bertz CT molecular complexity index is 1270. The highest BCUT2D eigenvalue weighted by Gasteiger charge is 2.33. The molecular weight excluding hydrogens is 576 g/mol. The Morgan fingerprint density at radius 3 is 2.29 bits per heavy atom. The normalized spacial score (nSPS) is 15.1. The molecule has 1 saturated carbocycles. The Hall–Kier alpha value is -2.07. The standard InChI is InChI=1S/C26H31Cl3FN3O4S/c1-3-24(26(35)31-18-7-5-4-6-8-18)32(15-17-9-11-20(27)21(28)13-17)25(34)16-33(38(2,36)37)19-10-12-23(30)22(29)14-19/h9-14,18,24H,3-8,15-16H2,1-2H3,(H,31,35)/t24-/m0/s1. The lowest BCUT2D eigenvalue weighted by Crippen LogP contribution is -2.53. The summed E-state index contributed by atoms with van der Waals surface area (Å²) in [7, 11) is -3.97. The number of carbonyl (C=O) groups excluding carboxylic acids is 2. The molecule has 0 radical (unpaired) electrons. The van der Waals surface area contributed by atoms with Gasteiger partial charge < -0.3 is 10.2 Å². The lowest BCUT2D eigenvalue weighted by Gasteiger charge is -2.34. The van der Waals surface area contributed by atoms with Crippen LogP contribution in [-0.4, -0.2) is 50.0 Å². The van der Waals surface area contributed by atoms with Gasteiger partial charge in [0.15, 0.2) is 0 Å². The molecule has 0 aromatic heterocycles. The minimum Gasteiger partial charge on any atom is -0.352 e. The SMILES string of the molecule is CC[C@@H](C(=O)NC1CCCCC1)N(Cc1ccc(Cl)c(Cl)c1)C(=O)CN(c1ccc(F)c(Cl)c1)S(C)(=O)=O. The summed E-state index contributed by atoms with van der Waals surface area (Å²) in [6.45, 7) is 1.16. The molecule has 1 aliphatic rings. The molecule has 12 heteroatoms. The van der Waals surface area contributed by atoms with Gasteiger partial charge in [-0.2, -0.15) is 0 Å². The van der Waals surface area contributed by atoms with Gasteiger partial charge in [-0.15, -0.1) is 0 Å². The van der Waals surface area contributed by atoms with Crippen LogP contribution >= 0.6 is 34.8 Å². The Morgan fingerprint density at radius 2 is 1.71 bits per heavy atom. The van der Waals surface area contributed by atoms with E-state index in [0.29, 0.717) is 17.0 Å². The molecule has 38 heavy (non-hydrogen) atoms. The summed E-state index contributed by atoms with van der Waals surface area (Å²) in [5.74, 6) is -1.64. The minimum absolute atomic E-state index is 0.00586. The monoisotopic (exact) mass is 605 g/mol. The molecule has 2 aromatic carbocycles. The third kappa shape index (κ3) is 7.97. The lowest BCUT2D eigenvalue weighted by molar-refractivity contribution is -0.140. The van der Waals surface area contributed by atoms with E-state index in [0.717, 1.165) is 54.8 Å². The van der Waals surface area contributed by atoms with Crippen LogP contribution in [0.2, 0.25) is 15.1 Å². The molecule has 1 N–H and O–H groups in total. The number of sulfonamides is 1. The molecule has 2 aromatic rings. The number of carbonyl (C=O) groups is 2. The van der Waals surface area contributed by atoms with E-state index >= 15 is 0 Å². The second-order valence-corrected chi connectivity index (χ2v) is 12.5. The van der Waals surface area contributed by atoms with Gasteiger partial charge in [0.05, 0.1) is 27.0 Å². The van der Waals surface area contributed by atoms with Gasteiger partial charge in [0.25, 0.3) is 0 Å². The third-order valence-corrected chi connectivity index (χ3v) is 8.71. The van der Waals surface area contributed by atoms with E-state index in [1.807, 2.05) is 0 Å². The minimum atomic E-state index is -3.97. The average molecular weight is 607 g/mol. The molecule has 0 spiro atoms. The summed E-state index contributed by atoms with van der Waals surface area (Å²) in [6.07, 6.45) is 6.15. The molecule has 1 atom stereocenters. The van der Waals surface area contributed by atoms with E-state index in [-0.39, 0.29) is 34.2 Å². The smallest absolute Gasteiger partial charge is 0.244 e. The molecule has 0 bridgehead atoms. The van der Waals surface area contributed by atoms with Crippen LogP contribution in [0, 0.1) is 5.82 Å². The van der Waals surface area contributed by atoms with Crippen molar-refractivity contribution in [1.82, 2.24) is 10.2 Å². The molecule has 0 aliphatic heterocycles. The maximum absolute atomic E-state index is 13.8. The van der Waals surface area contributed by atoms with Crippen LogP contribution < -0.4 is 9.62 Å². The van der Waals surface area contributed by atoms with Gasteiger partial charge in [-0.25, -0.2) is 12.8 Å². The van der Waals surface area contributed by atoms with Gasteiger partial charge in [0, 0.05) is 12.6 Å². The summed E-state index contributed by atoms with van der Waals surface area (Å²) >= 11 is 18.1. The molecule has 7 nitrogen and oxygen atoms in total. The molecule has 0 heterocycles. The number of nitrogens with zero attached hydrogens (tertiary/aromatic N) is 2. The highest BCUT2D eigenvalue weighted by molar-refractivity contribution is 7.92. The topological polar surface area (TPSA) is 86.8 Å². The molecule has 1 fully saturated rings. The molecule has 3 rings (SSSR count). The largest absolute Gasteiger partial charge is 0.352 e. The number of rotatable bonds is 10. The zero-order valence-electron chi connectivity index (χ0n) is 21.2. The Kier molecular flexibility index (Phi) is 10.7. The zero-order chi connectivity index (χ0) is 28.0. The van der Waals surface area contributed by atoms with E-state index in [9.17, 15) is 22.4 Å². The zero-order valence-corrected chi connectivity index (χ0v) is 24.3. The fourth-order valence-corrected chi connectivity index (χ4v) is 5.89. The van der Waals surface area contributed by atoms with Crippen molar-refractivity contribution < 1.29 is 22.4 Å². The van der Waals surface area contributed by atoms with Crippen molar-refractivity contribution >= 4 is 62.3 Å². The van der Waals surface area contributed by atoms with Gasteiger partial charge in [-0.3, -0.25) is 13.9 Å². The Balaban J connectivity index is 1.94. The van der Waals surface area contributed by atoms with Crippen LogP contribution in [0.1, 0.15) is 51.0 Å². The number of halogens is 4. The molecule has 2 amide bonds. The van der Waals surface area contributed by atoms with Crippen LogP contribution in [-0.2, 0) is 26.2 Å². The predicted octanol–water partition coefficient (Wildman–Crippen LogP) is 5.81. The van der Waals surface area contributed by atoms with Gasteiger partial charge in [0.2, 0.25) is 21.8 Å². The van der Waals surface area contributed by atoms with Crippen molar-refractivity contribution in [2.75, 3.05) is 17.1 Å². The number of anilines is 1. The van der Waals surface area contributed by atoms with Crippen molar-refractivity contribution in [3.63, 3.8) is 0 Å². The number of benzene rings is 2. The van der Waals surface area contributed by atoms with E-state index in [1.165, 1.54) is 11.0 Å². The van der Waals surface area contributed by atoms with Crippen molar-refractivity contribution in [3.05, 3.63) is 62.8 Å². The lowest BCUT2D eigenvalue weighted by atomic mass is 9.95. The highest BCUT2D eigenvalue weighted by atomic mass is 35.5. The van der Waals surface area contributed by atoms with Crippen molar-refractivity contribution in [2.24, 2.45) is 0 Å². The first-order valence-electron chi connectivity index (χ1n) is 12.4. The summed E-state index contributed by atoms with van der Waals surface area (Å²) in [5, 5.41) is 3.41. The summed E-state index contributed by atoms with van der Waals surface area (Å²) in [6, 6.07) is 7.44. The van der Waals surface area contributed by atoms with Gasteiger partial charge >= 0.3 is 0 Å². The maximum atomic E-state index is 13.8. The number of hydrogen-bond donors (Lipinski definition) is 1. The van der Waals surface area contributed by atoms with E-state index < -0.39 is 34.3 Å². The number of amides is 2. The van der Waals surface area contributed by atoms with E-state index in [1.54, 1.807) is 25.1 Å². The summed E-state index contributed by atoms with van der Waals surface area (Å²) in [4.78, 5) is 28.5. The van der Waals surface area contributed by atoms with Gasteiger partial charge in [-0.05, 0) is 55.2 Å². The van der Waals surface area contributed by atoms with Crippen LogP contribution in [0.3, 0.4) is 0 Å². The molecule has 208 valence electrons. The fraction of sp³-hybridized carbons (Fsp3) is 0.462. The Labute approximate surface area is 238 Å². The van der Waals surface area contributed by atoms with Crippen LogP contribution in [0.25, 0.3) is 0 Å². The first kappa shape index (κ1) is 30.5. The maximum Gasteiger partial charge on any atom is 0.244 e. The summed E-state index contributed by atoms with van der Waals surface area (Å²) in [5.41, 5.74) is 0.647. The van der Waals surface area contributed by atoms with Crippen molar-refractivity contribution in [2.45, 2.75) is 64.1 Å². The highest BCUT2D eigenvalue weighted by Crippen LogP contribution is 2.27. The van der Waals surface area contributed by atoms with Crippen LogP contribution in [0.5, 0.6) is 0 Å². The average Bonchev–Trinajstić information content (AvgIpc) is 2.86. The fourth-order valence-electron chi connectivity index (χ4n) is 4.55. The predicted molar refractivity (Wildman–Crippen MR) is 150 cm³/mol. The van der Waals surface area contributed by atoms with E-state index in [4.69, 9.17) is 34.8 Å².